The van der Waals surface area contributed by atoms with Crippen LogP contribution in [0, 0.1) is 0 Å². The molecular weight excluding hydrogens is 194 g/mol. The highest BCUT2D eigenvalue weighted by molar-refractivity contribution is 5.52. The van der Waals surface area contributed by atoms with Gasteiger partial charge in [0.05, 0.1) is 13.2 Å². The lowest BCUT2D eigenvalue weighted by Crippen LogP contribution is -2.03. The Labute approximate surface area is 89.3 Å². The summed E-state index contributed by atoms with van der Waals surface area (Å²) in [5.74, 6) is 0.672. The van der Waals surface area contributed by atoms with E-state index in [2.05, 4.69) is 0 Å². The smallest absolute Gasteiger partial charge is 0.120 e. The number of benzene rings is 1. The molecule has 0 aromatic heterocycles. The van der Waals surface area contributed by atoms with E-state index in [0.29, 0.717) is 29.8 Å². The minimum absolute atomic E-state index is 0.0765. The number of nitrogens with two attached hydrogens (primary N) is 1. The highest BCUT2D eigenvalue weighted by Crippen LogP contribution is 2.27. The Bertz CT molecular complexity index is 315. The van der Waals surface area contributed by atoms with Gasteiger partial charge in [0.25, 0.3) is 0 Å². The van der Waals surface area contributed by atoms with E-state index in [1.165, 1.54) is 0 Å². The van der Waals surface area contributed by atoms with Gasteiger partial charge in [-0.2, -0.15) is 0 Å². The molecule has 0 aliphatic rings. The number of ether oxygens (including phenoxy) is 1. The fourth-order valence-corrected chi connectivity index (χ4v) is 1.42. The summed E-state index contributed by atoms with van der Waals surface area (Å²) in [5, 5.41) is 18.4. The van der Waals surface area contributed by atoms with Gasteiger partial charge in [0.1, 0.15) is 5.75 Å². The first-order valence-electron chi connectivity index (χ1n) is 4.91. The van der Waals surface area contributed by atoms with Crippen LogP contribution in [0.2, 0.25) is 0 Å². The molecule has 1 atom stereocenters. The Hall–Kier alpha value is -1.26. The number of rotatable bonds is 5. The lowest BCUT2D eigenvalue weighted by Gasteiger charge is -2.13. The van der Waals surface area contributed by atoms with Crippen molar-refractivity contribution in [2.75, 3.05) is 19.5 Å². The second-order valence-corrected chi connectivity index (χ2v) is 3.38. The number of anilines is 1. The maximum absolute atomic E-state index is 9.76. The third kappa shape index (κ3) is 3.11. The normalized spacial score (nSPS) is 12.5. The van der Waals surface area contributed by atoms with Gasteiger partial charge >= 0.3 is 0 Å². The van der Waals surface area contributed by atoms with Crippen LogP contribution in [0.3, 0.4) is 0 Å². The molecule has 84 valence electrons. The number of hydrogen-bond acceptors (Lipinski definition) is 4. The minimum atomic E-state index is -0.622. The fourth-order valence-electron chi connectivity index (χ4n) is 1.42. The first-order valence-corrected chi connectivity index (χ1v) is 4.91. The molecule has 4 heteroatoms. The second-order valence-electron chi connectivity index (χ2n) is 3.38. The molecule has 0 fully saturated rings. The molecule has 0 aliphatic heterocycles. The second kappa shape index (κ2) is 5.58. The highest BCUT2D eigenvalue weighted by atomic mass is 16.5. The van der Waals surface area contributed by atoms with E-state index in [9.17, 15) is 5.11 Å². The van der Waals surface area contributed by atoms with Crippen molar-refractivity contribution in [3.05, 3.63) is 23.8 Å². The first-order chi connectivity index (χ1) is 7.19. The zero-order valence-corrected chi connectivity index (χ0v) is 8.81. The van der Waals surface area contributed by atoms with Crippen LogP contribution in [0.1, 0.15) is 24.5 Å². The number of nitrogen functional groups attached to an aromatic ring is 1. The van der Waals surface area contributed by atoms with E-state index < -0.39 is 6.10 Å². The summed E-state index contributed by atoms with van der Waals surface area (Å²) in [6, 6.07) is 5.18. The van der Waals surface area contributed by atoms with Crippen molar-refractivity contribution in [3.8, 4) is 5.75 Å². The molecule has 1 unspecified atom stereocenters. The fraction of sp³-hybridized carbons (Fsp3) is 0.455. The standard InChI is InChI=1S/C11H17NO3/c1-15-8-4-5-9(10(12)7-8)11(14)3-2-6-13/h4-5,7,11,13-14H,2-3,6,12H2,1H3. The monoisotopic (exact) mass is 211 g/mol. The highest BCUT2D eigenvalue weighted by Gasteiger charge is 2.10. The van der Waals surface area contributed by atoms with Crippen LogP contribution in [0.25, 0.3) is 0 Å². The summed E-state index contributed by atoms with van der Waals surface area (Å²) < 4.78 is 5.01. The molecule has 0 amide bonds. The predicted octanol–water partition coefficient (Wildman–Crippen LogP) is 1.08. The lowest BCUT2D eigenvalue weighted by molar-refractivity contribution is 0.152. The molecule has 0 heterocycles. The molecule has 1 aromatic rings. The summed E-state index contributed by atoms with van der Waals surface area (Å²) in [7, 11) is 1.57. The van der Waals surface area contributed by atoms with E-state index >= 15 is 0 Å². The molecule has 0 spiro atoms. The van der Waals surface area contributed by atoms with Gasteiger partial charge in [0.2, 0.25) is 0 Å². The average molecular weight is 211 g/mol. The molecule has 1 aromatic carbocycles. The molecule has 4 nitrogen and oxygen atoms in total. The van der Waals surface area contributed by atoms with Crippen molar-refractivity contribution >= 4 is 5.69 Å². The van der Waals surface area contributed by atoms with Gasteiger partial charge in [-0.3, -0.25) is 0 Å². The van der Waals surface area contributed by atoms with Crippen molar-refractivity contribution in [2.45, 2.75) is 18.9 Å². The molecule has 0 saturated heterocycles. The van der Waals surface area contributed by atoms with Crippen molar-refractivity contribution in [2.24, 2.45) is 0 Å². The van der Waals surface area contributed by atoms with Gasteiger partial charge in [0.15, 0.2) is 0 Å². The topological polar surface area (TPSA) is 75.7 Å². The van der Waals surface area contributed by atoms with Gasteiger partial charge in [-0.1, -0.05) is 6.07 Å². The molecule has 0 saturated carbocycles. The molecule has 0 radical (unpaired) electrons. The summed E-state index contributed by atoms with van der Waals surface area (Å²) in [6.07, 6.45) is 0.447. The van der Waals surface area contributed by atoms with Gasteiger partial charge in [-0.25, -0.2) is 0 Å². The Kier molecular flexibility index (Phi) is 4.39. The van der Waals surface area contributed by atoms with Crippen LogP contribution in [0.5, 0.6) is 5.75 Å². The lowest BCUT2D eigenvalue weighted by atomic mass is 10.0. The third-order valence-electron chi connectivity index (χ3n) is 2.29. The first kappa shape index (κ1) is 11.8. The van der Waals surface area contributed by atoms with E-state index in [1.807, 2.05) is 0 Å². The van der Waals surface area contributed by atoms with Crippen LogP contribution in [-0.2, 0) is 0 Å². The van der Waals surface area contributed by atoms with Gasteiger partial charge in [-0.15, -0.1) is 0 Å². The van der Waals surface area contributed by atoms with Gasteiger partial charge < -0.3 is 20.7 Å². The van der Waals surface area contributed by atoms with Crippen LogP contribution >= 0.6 is 0 Å². The third-order valence-corrected chi connectivity index (χ3v) is 2.29. The van der Waals surface area contributed by atoms with Crippen LogP contribution in [-0.4, -0.2) is 23.9 Å². The van der Waals surface area contributed by atoms with Crippen molar-refractivity contribution in [1.29, 1.82) is 0 Å². The molecule has 15 heavy (non-hydrogen) atoms. The van der Waals surface area contributed by atoms with E-state index in [0.717, 1.165) is 0 Å². The number of aliphatic hydroxyl groups excluding tert-OH is 2. The Morgan fingerprint density at radius 1 is 1.47 bits per heavy atom. The zero-order valence-electron chi connectivity index (χ0n) is 8.81. The van der Waals surface area contributed by atoms with E-state index in [-0.39, 0.29) is 6.61 Å². The van der Waals surface area contributed by atoms with Crippen LogP contribution < -0.4 is 10.5 Å². The van der Waals surface area contributed by atoms with Crippen molar-refractivity contribution < 1.29 is 14.9 Å². The molecule has 0 bridgehead atoms. The summed E-state index contributed by atoms with van der Waals surface area (Å²) in [5.41, 5.74) is 6.97. The quantitative estimate of drug-likeness (QED) is 0.637. The van der Waals surface area contributed by atoms with Crippen LogP contribution in [0.4, 0.5) is 5.69 Å². The molecule has 0 aliphatic carbocycles. The number of hydrogen-bond donors (Lipinski definition) is 3. The number of methoxy groups -OCH3 is 1. The van der Waals surface area contributed by atoms with Crippen molar-refractivity contribution in [3.63, 3.8) is 0 Å². The SMILES string of the molecule is COc1ccc(C(O)CCCO)c(N)c1. The summed E-state index contributed by atoms with van der Waals surface area (Å²) in [6.45, 7) is 0.0765. The maximum Gasteiger partial charge on any atom is 0.120 e. The summed E-state index contributed by atoms with van der Waals surface area (Å²) >= 11 is 0. The largest absolute Gasteiger partial charge is 0.497 e. The van der Waals surface area contributed by atoms with Gasteiger partial charge in [0, 0.05) is 23.9 Å². The van der Waals surface area contributed by atoms with Gasteiger partial charge in [-0.05, 0) is 18.9 Å². The summed E-state index contributed by atoms with van der Waals surface area (Å²) in [4.78, 5) is 0. The minimum Gasteiger partial charge on any atom is -0.497 e. The maximum atomic E-state index is 9.76. The number of aliphatic hydroxyl groups is 2. The van der Waals surface area contributed by atoms with Crippen LogP contribution in [0.15, 0.2) is 18.2 Å². The Balaban J connectivity index is 2.76. The Morgan fingerprint density at radius 2 is 2.20 bits per heavy atom. The van der Waals surface area contributed by atoms with E-state index in [4.69, 9.17) is 15.6 Å². The zero-order chi connectivity index (χ0) is 11.3. The molecule has 1 rings (SSSR count). The molecule has 4 N–H and O–H groups in total. The average Bonchev–Trinajstić information content (AvgIpc) is 2.25. The van der Waals surface area contributed by atoms with E-state index in [1.54, 1.807) is 25.3 Å². The Morgan fingerprint density at radius 3 is 2.73 bits per heavy atom. The van der Waals surface area contributed by atoms with Crippen molar-refractivity contribution in [1.82, 2.24) is 0 Å². The molecular formula is C11H17NO3. The predicted molar refractivity (Wildman–Crippen MR) is 58.7 cm³/mol.